The lowest BCUT2D eigenvalue weighted by Gasteiger charge is -2.11. The molecule has 0 aliphatic heterocycles. The second kappa shape index (κ2) is 10.9. The van der Waals surface area contributed by atoms with Crippen molar-refractivity contribution >= 4 is 33.5 Å². The first-order valence-corrected chi connectivity index (χ1v) is 10.6. The van der Waals surface area contributed by atoms with Crippen molar-refractivity contribution in [1.82, 2.24) is 0 Å². The summed E-state index contributed by atoms with van der Waals surface area (Å²) in [7, 11) is 3.20. The third-order valence-electron chi connectivity index (χ3n) is 3.52. The molecule has 0 saturated carbocycles. The number of carbonyl (C=O) groups is 2. The number of carbonyl (C=O) groups excluding carboxylic acids is 2. The molecule has 0 aliphatic rings. The zero-order valence-electron chi connectivity index (χ0n) is 14.9. The Hall–Kier alpha value is -1.92. The highest BCUT2D eigenvalue weighted by atomic mass is 33.1. The van der Waals surface area contributed by atoms with Crippen LogP contribution < -0.4 is 0 Å². The van der Waals surface area contributed by atoms with Crippen molar-refractivity contribution in [1.29, 1.82) is 0 Å². The van der Waals surface area contributed by atoms with E-state index in [-0.39, 0.29) is 25.2 Å². The summed E-state index contributed by atoms with van der Waals surface area (Å²) < 4.78 is 10.5. The van der Waals surface area contributed by atoms with E-state index in [0.29, 0.717) is 12.8 Å². The topological polar surface area (TPSA) is 52.6 Å². The Kier molecular flexibility index (Phi) is 8.58. The standard InChI is InChI=1S/C20H22O4S2/c1-3-19(21)23-13-15-9-5-7-11-17(15)25-26-18-12-8-6-10-16(18)14-24-20(22)4-2/h5-12H,3-4,13-14H2,1-2H3. The first-order chi connectivity index (χ1) is 12.6. The summed E-state index contributed by atoms with van der Waals surface area (Å²) in [4.78, 5) is 24.9. The lowest BCUT2D eigenvalue weighted by atomic mass is 10.2. The minimum Gasteiger partial charge on any atom is -0.461 e. The Balaban J connectivity index is 2.03. The highest BCUT2D eigenvalue weighted by molar-refractivity contribution is 8.76. The van der Waals surface area contributed by atoms with Gasteiger partial charge in [-0.2, -0.15) is 0 Å². The van der Waals surface area contributed by atoms with E-state index in [0.717, 1.165) is 20.9 Å². The number of rotatable bonds is 9. The number of ether oxygens (including phenoxy) is 2. The SMILES string of the molecule is CCC(=O)OCc1ccccc1SSc1ccccc1COC(=O)CC. The van der Waals surface area contributed by atoms with Gasteiger partial charge in [-0.1, -0.05) is 71.8 Å². The van der Waals surface area contributed by atoms with Crippen LogP contribution in [-0.2, 0) is 32.3 Å². The van der Waals surface area contributed by atoms with Crippen LogP contribution in [0.5, 0.6) is 0 Å². The van der Waals surface area contributed by atoms with E-state index in [1.165, 1.54) is 0 Å². The van der Waals surface area contributed by atoms with Crippen molar-refractivity contribution < 1.29 is 19.1 Å². The summed E-state index contributed by atoms with van der Waals surface area (Å²) in [6.45, 7) is 4.10. The fourth-order valence-corrected chi connectivity index (χ4v) is 4.45. The van der Waals surface area contributed by atoms with E-state index in [1.807, 2.05) is 48.5 Å². The molecule has 0 N–H and O–H groups in total. The van der Waals surface area contributed by atoms with Crippen LogP contribution in [0.15, 0.2) is 58.3 Å². The van der Waals surface area contributed by atoms with Crippen molar-refractivity contribution in [3.8, 4) is 0 Å². The van der Waals surface area contributed by atoms with Crippen LogP contribution >= 0.6 is 21.6 Å². The first kappa shape index (κ1) is 20.4. The van der Waals surface area contributed by atoms with Gasteiger partial charge in [-0.3, -0.25) is 9.59 Å². The first-order valence-electron chi connectivity index (χ1n) is 8.45. The lowest BCUT2D eigenvalue weighted by Crippen LogP contribution is -2.03. The van der Waals surface area contributed by atoms with E-state index in [1.54, 1.807) is 35.4 Å². The largest absolute Gasteiger partial charge is 0.461 e. The van der Waals surface area contributed by atoms with Crippen LogP contribution in [0.3, 0.4) is 0 Å². The molecule has 0 aromatic heterocycles. The molecule has 0 amide bonds. The van der Waals surface area contributed by atoms with Gasteiger partial charge in [0.05, 0.1) is 0 Å². The van der Waals surface area contributed by atoms with E-state index < -0.39 is 0 Å². The van der Waals surface area contributed by atoms with E-state index >= 15 is 0 Å². The second-order valence-corrected chi connectivity index (χ2v) is 7.62. The molecule has 2 aromatic rings. The van der Waals surface area contributed by atoms with Crippen molar-refractivity contribution in [3.05, 3.63) is 59.7 Å². The molecular weight excluding hydrogens is 368 g/mol. The van der Waals surface area contributed by atoms with Gasteiger partial charge in [-0.15, -0.1) is 0 Å². The minimum atomic E-state index is -0.208. The van der Waals surface area contributed by atoms with Gasteiger partial charge in [0, 0.05) is 33.8 Å². The molecule has 0 bridgehead atoms. The summed E-state index contributed by atoms with van der Waals surface area (Å²) in [6.07, 6.45) is 0.738. The van der Waals surface area contributed by atoms with Crippen molar-refractivity contribution in [2.45, 2.75) is 49.7 Å². The molecule has 0 heterocycles. The highest BCUT2D eigenvalue weighted by Gasteiger charge is 2.10. The summed E-state index contributed by atoms with van der Waals surface area (Å²) in [6, 6.07) is 15.7. The maximum Gasteiger partial charge on any atom is 0.305 e. The average Bonchev–Trinajstić information content (AvgIpc) is 2.69. The predicted octanol–water partition coefficient (Wildman–Crippen LogP) is 5.39. The van der Waals surface area contributed by atoms with Crippen LogP contribution in [-0.4, -0.2) is 11.9 Å². The molecule has 0 saturated heterocycles. The Morgan fingerprint density at radius 3 is 1.50 bits per heavy atom. The van der Waals surface area contributed by atoms with Gasteiger partial charge in [-0.25, -0.2) is 0 Å². The van der Waals surface area contributed by atoms with E-state index in [4.69, 9.17) is 9.47 Å². The van der Waals surface area contributed by atoms with Crippen LogP contribution in [0, 0.1) is 0 Å². The van der Waals surface area contributed by atoms with Gasteiger partial charge >= 0.3 is 11.9 Å². The molecule has 0 spiro atoms. The van der Waals surface area contributed by atoms with E-state index in [9.17, 15) is 9.59 Å². The molecule has 0 fully saturated rings. The van der Waals surface area contributed by atoms with Crippen molar-refractivity contribution in [2.24, 2.45) is 0 Å². The second-order valence-electron chi connectivity index (χ2n) is 5.41. The molecule has 0 radical (unpaired) electrons. The molecule has 2 aromatic carbocycles. The maximum atomic E-state index is 11.4. The number of benzene rings is 2. The summed E-state index contributed by atoms with van der Waals surface area (Å²) in [5.74, 6) is -0.416. The number of hydrogen-bond donors (Lipinski definition) is 0. The van der Waals surface area contributed by atoms with Crippen LogP contribution in [0.25, 0.3) is 0 Å². The fraction of sp³-hybridized carbons (Fsp3) is 0.300. The quantitative estimate of drug-likeness (QED) is 0.422. The molecule has 0 unspecified atom stereocenters. The number of esters is 2. The average molecular weight is 391 g/mol. The maximum absolute atomic E-state index is 11.4. The van der Waals surface area contributed by atoms with Crippen molar-refractivity contribution in [2.75, 3.05) is 0 Å². The van der Waals surface area contributed by atoms with Gasteiger partial charge in [0.25, 0.3) is 0 Å². The Bertz CT molecular complexity index is 683. The summed E-state index contributed by atoms with van der Waals surface area (Å²) >= 11 is 0. The van der Waals surface area contributed by atoms with Gasteiger partial charge < -0.3 is 9.47 Å². The van der Waals surface area contributed by atoms with E-state index in [2.05, 4.69) is 0 Å². The third kappa shape index (κ3) is 6.42. The molecule has 26 heavy (non-hydrogen) atoms. The van der Waals surface area contributed by atoms with Gasteiger partial charge in [0.15, 0.2) is 0 Å². The lowest BCUT2D eigenvalue weighted by molar-refractivity contribution is -0.145. The highest BCUT2D eigenvalue weighted by Crippen LogP contribution is 2.40. The molecule has 0 atom stereocenters. The van der Waals surface area contributed by atoms with Gasteiger partial charge in [-0.05, 0) is 12.1 Å². The summed E-state index contributed by atoms with van der Waals surface area (Å²) in [5, 5.41) is 0. The van der Waals surface area contributed by atoms with Crippen LogP contribution in [0.4, 0.5) is 0 Å². The van der Waals surface area contributed by atoms with Crippen LogP contribution in [0.2, 0.25) is 0 Å². The Labute approximate surface area is 162 Å². The smallest absolute Gasteiger partial charge is 0.305 e. The predicted molar refractivity (Wildman–Crippen MR) is 105 cm³/mol. The zero-order valence-corrected chi connectivity index (χ0v) is 16.5. The Morgan fingerprint density at radius 2 is 1.12 bits per heavy atom. The molecule has 6 heteroatoms. The molecule has 0 aliphatic carbocycles. The Morgan fingerprint density at radius 1 is 0.731 bits per heavy atom. The zero-order chi connectivity index (χ0) is 18.8. The monoisotopic (exact) mass is 390 g/mol. The normalized spacial score (nSPS) is 10.4. The molecule has 2 rings (SSSR count). The molecule has 4 nitrogen and oxygen atoms in total. The van der Waals surface area contributed by atoms with Crippen molar-refractivity contribution in [3.63, 3.8) is 0 Å². The molecule has 138 valence electrons. The van der Waals surface area contributed by atoms with Crippen LogP contribution in [0.1, 0.15) is 37.8 Å². The third-order valence-corrected chi connectivity index (χ3v) is 6.09. The summed E-state index contributed by atoms with van der Waals surface area (Å²) in [5.41, 5.74) is 1.95. The minimum absolute atomic E-state index is 0.208. The fourth-order valence-electron chi connectivity index (χ4n) is 2.02. The van der Waals surface area contributed by atoms with Gasteiger partial charge in [0.2, 0.25) is 0 Å². The van der Waals surface area contributed by atoms with Gasteiger partial charge in [0.1, 0.15) is 13.2 Å². The number of hydrogen-bond acceptors (Lipinski definition) is 6. The molecular formula is C20H22O4S2.